The summed E-state index contributed by atoms with van der Waals surface area (Å²) in [5, 5.41) is 3.06. The van der Waals surface area contributed by atoms with Crippen LogP contribution in [0.4, 0.5) is 5.69 Å². The van der Waals surface area contributed by atoms with Crippen molar-refractivity contribution in [2.45, 2.75) is 32.2 Å². The summed E-state index contributed by atoms with van der Waals surface area (Å²) in [4.78, 5) is 14.8. The first-order chi connectivity index (χ1) is 11.2. The quantitative estimate of drug-likeness (QED) is 0.919. The topological polar surface area (TPSA) is 32.3 Å². The van der Waals surface area contributed by atoms with E-state index < -0.39 is 0 Å². The molecule has 1 fully saturated rings. The van der Waals surface area contributed by atoms with E-state index in [1.54, 1.807) is 0 Å². The minimum atomic E-state index is -0.0217. The molecule has 3 rings (SSSR count). The maximum Gasteiger partial charge on any atom is 0.251 e. The van der Waals surface area contributed by atoms with Crippen molar-refractivity contribution in [1.29, 1.82) is 0 Å². The lowest BCUT2D eigenvalue weighted by molar-refractivity contribution is 0.0940. The van der Waals surface area contributed by atoms with Crippen molar-refractivity contribution < 1.29 is 4.79 Å². The van der Waals surface area contributed by atoms with E-state index >= 15 is 0 Å². The molecule has 0 radical (unpaired) electrons. The lowest BCUT2D eigenvalue weighted by Gasteiger charge is -2.28. The number of rotatable bonds is 4. The average Bonchev–Trinajstić information content (AvgIpc) is 2.63. The van der Waals surface area contributed by atoms with Crippen molar-refractivity contribution in [3.05, 3.63) is 65.7 Å². The van der Waals surface area contributed by atoms with Gasteiger partial charge >= 0.3 is 0 Å². The van der Waals surface area contributed by atoms with Crippen LogP contribution in [0.1, 0.15) is 48.1 Å². The minimum absolute atomic E-state index is 0.00507. The highest BCUT2D eigenvalue weighted by Gasteiger charge is 2.13. The molecule has 1 saturated heterocycles. The van der Waals surface area contributed by atoms with E-state index in [1.165, 1.54) is 24.9 Å². The van der Waals surface area contributed by atoms with Gasteiger partial charge in [0.25, 0.3) is 5.91 Å². The van der Waals surface area contributed by atoms with Gasteiger partial charge in [-0.3, -0.25) is 4.79 Å². The summed E-state index contributed by atoms with van der Waals surface area (Å²) < 4.78 is 0. The molecular formula is C20H24N2O. The number of carbonyl (C=O) groups excluding carboxylic acids is 1. The Kier molecular flexibility index (Phi) is 4.96. The molecule has 23 heavy (non-hydrogen) atoms. The first kappa shape index (κ1) is 15.6. The monoisotopic (exact) mass is 308 g/mol. The highest BCUT2D eigenvalue weighted by atomic mass is 16.1. The molecule has 1 heterocycles. The number of carbonyl (C=O) groups is 1. The van der Waals surface area contributed by atoms with Crippen molar-refractivity contribution in [3.8, 4) is 0 Å². The van der Waals surface area contributed by atoms with Crippen LogP contribution in [0.3, 0.4) is 0 Å². The van der Waals surface area contributed by atoms with Gasteiger partial charge in [-0.2, -0.15) is 0 Å². The Bertz CT molecular complexity index is 630. The second kappa shape index (κ2) is 7.32. The van der Waals surface area contributed by atoms with Crippen LogP contribution in [0, 0.1) is 0 Å². The maximum absolute atomic E-state index is 12.4. The maximum atomic E-state index is 12.4. The summed E-state index contributed by atoms with van der Waals surface area (Å²) in [6.45, 7) is 4.25. The van der Waals surface area contributed by atoms with Gasteiger partial charge in [0.15, 0.2) is 0 Å². The summed E-state index contributed by atoms with van der Waals surface area (Å²) in [5.74, 6) is -0.0217. The SMILES string of the molecule is C[C@@H](NC(=O)c1ccc(N2CCCCC2)cc1)c1ccccc1. The fraction of sp³-hybridized carbons (Fsp3) is 0.350. The van der Waals surface area contributed by atoms with Gasteiger partial charge in [-0.25, -0.2) is 0 Å². The van der Waals surface area contributed by atoms with E-state index in [0.717, 1.165) is 18.7 Å². The Morgan fingerprint density at radius 3 is 2.26 bits per heavy atom. The summed E-state index contributed by atoms with van der Waals surface area (Å²) >= 11 is 0. The van der Waals surface area contributed by atoms with Crippen LogP contribution < -0.4 is 10.2 Å². The van der Waals surface area contributed by atoms with Crippen LogP contribution in [0.5, 0.6) is 0 Å². The first-order valence-corrected chi connectivity index (χ1v) is 8.45. The van der Waals surface area contributed by atoms with Gasteiger partial charge in [0.1, 0.15) is 0 Å². The molecule has 1 amide bonds. The predicted octanol–water partition coefficient (Wildman–Crippen LogP) is 4.17. The molecule has 0 aliphatic carbocycles. The molecule has 2 aromatic carbocycles. The Hall–Kier alpha value is -2.29. The highest BCUT2D eigenvalue weighted by molar-refractivity contribution is 5.94. The summed E-state index contributed by atoms with van der Waals surface area (Å²) in [6, 6.07) is 18.0. The summed E-state index contributed by atoms with van der Waals surface area (Å²) in [7, 11) is 0. The van der Waals surface area contributed by atoms with Crippen LogP contribution in [0.25, 0.3) is 0 Å². The van der Waals surface area contributed by atoms with E-state index in [0.29, 0.717) is 5.56 Å². The number of anilines is 1. The van der Waals surface area contributed by atoms with E-state index in [1.807, 2.05) is 49.4 Å². The number of hydrogen-bond donors (Lipinski definition) is 1. The van der Waals surface area contributed by atoms with Gasteiger partial charge in [-0.05, 0) is 56.0 Å². The number of nitrogens with zero attached hydrogens (tertiary/aromatic N) is 1. The molecule has 1 aliphatic heterocycles. The number of amides is 1. The first-order valence-electron chi connectivity index (χ1n) is 8.45. The molecule has 1 aliphatic rings. The van der Waals surface area contributed by atoms with Crippen LogP contribution in [0.2, 0.25) is 0 Å². The van der Waals surface area contributed by atoms with Gasteiger partial charge in [0.05, 0.1) is 6.04 Å². The second-order valence-electron chi connectivity index (χ2n) is 6.20. The molecule has 0 bridgehead atoms. The zero-order valence-electron chi connectivity index (χ0n) is 13.7. The molecule has 1 N–H and O–H groups in total. The van der Waals surface area contributed by atoms with E-state index in [4.69, 9.17) is 0 Å². The van der Waals surface area contributed by atoms with Crippen LogP contribution >= 0.6 is 0 Å². The van der Waals surface area contributed by atoms with E-state index in [-0.39, 0.29) is 11.9 Å². The van der Waals surface area contributed by atoms with Crippen molar-refractivity contribution in [3.63, 3.8) is 0 Å². The molecule has 0 aromatic heterocycles. The van der Waals surface area contributed by atoms with E-state index in [2.05, 4.69) is 22.3 Å². The fourth-order valence-corrected chi connectivity index (χ4v) is 3.08. The van der Waals surface area contributed by atoms with Gasteiger partial charge in [0, 0.05) is 24.3 Å². The van der Waals surface area contributed by atoms with Crippen LogP contribution in [0.15, 0.2) is 54.6 Å². The lowest BCUT2D eigenvalue weighted by Crippen LogP contribution is -2.29. The average molecular weight is 308 g/mol. The van der Waals surface area contributed by atoms with Gasteiger partial charge < -0.3 is 10.2 Å². The summed E-state index contributed by atoms with van der Waals surface area (Å²) in [5.41, 5.74) is 3.05. The summed E-state index contributed by atoms with van der Waals surface area (Å²) in [6.07, 6.45) is 3.85. The zero-order valence-corrected chi connectivity index (χ0v) is 13.7. The van der Waals surface area contributed by atoms with Gasteiger partial charge in [0.2, 0.25) is 0 Å². The molecule has 3 heteroatoms. The van der Waals surface area contributed by atoms with Crippen LogP contribution in [-0.4, -0.2) is 19.0 Å². The third-order valence-electron chi connectivity index (χ3n) is 4.50. The van der Waals surface area contributed by atoms with Crippen molar-refractivity contribution in [1.82, 2.24) is 5.32 Å². The Balaban J connectivity index is 1.63. The van der Waals surface area contributed by atoms with Crippen molar-refractivity contribution >= 4 is 11.6 Å². The molecule has 0 unspecified atom stereocenters. The predicted molar refractivity (Wildman–Crippen MR) is 94.8 cm³/mol. The van der Waals surface area contributed by atoms with E-state index in [9.17, 15) is 4.79 Å². The normalized spacial score (nSPS) is 16.0. The van der Waals surface area contributed by atoms with Crippen molar-refractivity contribution in [2.24, 2.45) is 0 Å². The number of hydrogen-bond acceptors (Lipinski definition) is 2. The Morgan fingerprint density at radius 2 is 1.61 bits per heavy atom. The van der Waals surface area contributed by atoms with Crippen LogP contribution in [-0.2, 0) is 0 Å². The van der Waals surface area contributed by atoms with Crippen molar-refractivity contribution in [2.75, 3.05) is 18.0 Å². The number of benzene rings is 2. The van der Waals surface area contributed by atoms with Gasteiger partial charge in [-0.15, -0.1) is 0 Å². The Labute approximate surface area is 138 Å². The lowest BCUT2D eigenvalue weighted by atomic mass is 10.1. The smallest absolute Gasteiger partial charge is 0.251 e. The minimum Gasteiger partial charge on any atom is -0.372 e. The third kappa shape index (κ3) is 3.92. The Morgan fingerprint density at radius 1 is 0.957 bits per heavy atom. The molecule has 3 nitrogen and oxygen atoms in total. The molecular weight excluding hydrogens is 284 g/mol. The standard InChI is InChI=1S/C20H24N2O/c1-16(17-8-4-2-5-9-17)21-20(23)18-10-12-19(13-11-18)22-14-6-3-7-15-22/h2,4-5,8-13,16H,3,6-7,14-15H2,1H3,(H,21,23)/t16-/m1/s1. The molecule has 0 saturated carbocycles. The second-order valence-corrected chi connectivity index (χ2v) is 6.20. The molecule has 1 atom stereocenters. The fourth-order valence-electron chi connectivity index (χ4n) is 3.08. The highest BCUT2D eigenvalue weighted by Crippen LogP contribution is 2.20. The molecule has 0 spiro atoms. The molecule has 2 aromatic rings. The molecule has 120 valence electrons. The number of piperidine rings is 1. The van der Waals surface area contributed by atoms with Gasteiger partial charge in [-0.1, -0.05) is 30.3 Å². The third-order valence-corrected chi connectivity index (χ3v) is 4.50. The zero-order chi connectivity index (χ0) is 16.1. The number of nitrogens with one attached hydrogen (secondary N) is 1. The largest absolute Gasteiger partial charge is 0.372 e.